The van der Waals surface area contributed by atoms with Gasteiger partial charge in [-0.3, -0.25) is 4.39 Å². The first kappa shape index (κ1) is 26.8. The van der Waals surface area contributed by atoms with Gasteiger partial charge in [0.1, 0.15) is 5.82 Å². The lowest BCUT2D eigenvalue weighted by molar-refractivity contribution is -0.153. The minimum Gasteiger partial charge on any atom is -0.481 e. The summed E-state index contributed by atoms with van der Waals surface area (Å²) in [4.78, 5) is 0. The van der Waals surface area contributed by atoms with Gasteiger partial charge in [0, 0.05) is 6.07 Å². The second kappa shape index (κ2) is 13.3. The first-order chi connectivity index (χ1) is 15.2. The van der Waals surface area contributed by atoms with Crippen LogP contribution in [0.5, 0.6) is 5.75 Å². The van der Waals surface area contributed by atoms with Crippen LogP contribution in [0.3, 0.4) is 0 Å². The van der Waals surface area contributed by atoms with Gasteiger partial charge in [0.05, 0.1) is 6.67 Å². The van der Waals surface area contributed by atoms with Gasteiger partial charge in [0.25, 0.3) is 0 Å². The van der Waals surface area contributed by atoms with E-state index in [2.05, 4.69) is 11.7 Å². The van der Waals surface area contributed by atoms with E-state index >= 15 is 0 Å². The van der Waals surface area contributed by atoms with Crippen LogP contribution in [0.15, 0.2) is 18.2 Å². The molecule has 32 heavy (non-hydrogen) atoms. The number of hydrogen-bond acceptors (Lipinski definition) is 1. The third kappa shape index (κ3) is 9.62. The van der Waals surface area contributed by atoms with Gasteiger partial charge < -0.3 is 4.74 Å². The lowest BCUT2D eigenvalue weighted by Crippen LogP contribution is -2.26. The molecule has 0 radical (unpaired) electrons. The highest BCUT2D eigenvalue weighted by atomic mass is 19.4. The molecule has 0 heterocycles. The molecule has 2 saturated carbocycles. The van der Waals surface area contributed by atoms with Gasteiger partial charge in [-0.25, -0.2) is 8.78 Å². The Bertz CT molecular complexity index is 622. The number of ether oxygens (including phenoxy) is 1. The van der Waals surface area contributed by atoms with E-state index in [9.17, 15) is 26.3 Å². The summed E-state index contributed by atoms with van der Waals surface area (Å²) >= 11 is 0. The van der Waals surface area contributed by atoms with E-state index in [4.69, 9.17) is 0 Å². The Morgan fingerprint density at radius 1 is 0.844 bits per heavy atom. The molecule has 2 aliphatic rings. The van der Waals surface area contributed by atoms with Crippen molar-refractivity contribution in [2.24, 2.45) is 23.7 Å². The maximum absolute atomic E-state index is 12.7. The zero-order chi connectivity index (χ0) is 23.6. The fraction of sp³-hybridized carbons (Fsp3) is 0.760. The van der Waals surface area contributed by atoms with Gasteiger partial charge in [0.15, 0.2) is 18.2 Å². The largest absolute Gasteiger partial charge is 0.481 e. The number of rotatable bonds is 7. The molecule has 2 aliphatic carbocycles. The van der Waals surface area contributed by atoms with Crippen molar-refractivity contribution in [3.8, 4) is 5.75 Å². The summed E-state index contributed by atoms with van der Waals surface area (Å²) in [6, 6.07) is 2.07. The summed E-state index contributed by atoms with van der Waals surface area (Å²) in [6.07, 6.45) is 10.5. The van der Waals surface area contributed by atoms with E-state index in [-0.39, 0.29) is 6.67 Å². The van der Waals surface area contributed by atoms with Crippen molar-refractivity contribution in [3.05, 3.63) is 29.8 Å². The average Bonchev–Trinajstić information content (AvgIpc) is 2.75. The molecular formula is C25H36F6O. The van der Waals surface area contributed by atoms with Crippen LogP contribution in [0.25, 0.3) is 0 Å². The van der Waals surface area contributed by atoms with Crippen molar-refractivity contribution in [3.63, 3.8) is 0 Å². The first-order valence-corrected chi connectivity index (χ1v) is 11.9. The fourth-order valence-electron chi connectivity index (χ4n) is 5.21. The first-order valence-electron chi connectivity index (χ1n) is 11.9. The minimum atomic E-state index is -4.54. The molecule has 2 fully saturated rings. The summed E-state index contributed by atoms with van der Waals surface area (Å²) in [5.74, 6) is 1.10. The second-order valence-corrected chi connectivity index (χ2v) is 9.31. The summed E-state index contributed by atoms with van der Waals surface area (Å²) in [5.41, 5.74) is 0. The molecule has 0 amide bonds. The molecule has 0 unspecified atom stereocenters. The third-order valence-electron chi connectivity index (χ3n) is 6.95. The van der Waals surface area contributed by atoms with Crippen LogP contribution in [0.1, 0.15) is 77.6 Å². The topological polar surface area (TPSA) is 9.23 Å². The highest BCUT2D eigenvalue weighted by molar-refractivity contribution is 5.24. The molecule has 0 spiro atoms. The molecule has 0 bridgehead atoms. The smallest absolute Gasteiger partial charge is 0.422 e. The van der Waals surface area contributed by atoms with Crippen molar-refractivity contribution < 1.29 is 31.1 Å². The number of halogens is 6. The Morgan fingerprint density at radius 3 is 1.81 bits per heavy atom. The Morgan fingerprint density at radius 2 is 1.38 bits per heavy atom. The highest BCUT2D eigenvalue weighted by Gasteiger charge is 2.30. The van der Waals surface area contributed by atoms with Crippen molar-refractivity contribution in [1.82, 2.24) is 0 Å². The Hall–Kier alpha value is -1.40. The van der Waals surface area contributed by atoms with E-state index in [1.807, 2.05) is 0 Å². The maximum atomic E-state index is 12.7. The number of alkyl halides is 4. The summed E-state index contributed by atoms with van der Waals surface area (Å²) < 4.78 is 76.3. The number of hydrogen-bond donors (Lipinski definition) is 0. The molecule has 1 nitrogen and oxygen atoms in total. The highest BCUT2D eigenvalue weighted by Crippen LogP contribution is 2.42. The zero-order valence-electron chi connectivity index (χ0n) is 18.9. The van der Waals surface area contributed by atoms with Gasteiger partial charge in [-0.15, -0.1) is 0 Å². The Labute approximate surface area is 187 Å². The molecule has 1 aromatic carbocycles. The van der Waals surface area contributed by atoms with Gasteiger partial charge in [0.2, 0.25) is 0 Å². The molecule has 0 atom stereocenters. The summed E-state index contributed by atoms with van der Waals surface area (Å²) in [7, 11) is 0. The second-order valence-electron chi connectivity index (χ2n) is 9.31. The van der Waals surface area contributed by atoms with E-state index in [1.165, 1.54) is 64.2 Å². The van der Waals surface area contributed by atoms with Gasteiger partial charge in [-0.2, -0.15) is 13.2 Å². The predicted molar refractivity (Wildman–Crippen MR) is 114 cm³/mol. The van der Waals surface area contributed by atoms with Crippen molar-refractivity contribution in [2.45, 2.75) is 83.7 Å². The monoisotopic (exact) mass is 466 g/mol. The van der Waals surface area contributed by atoms with E-state index in [0.29, 0.717) is 12.0 Å². The predicted octanol–water partition coefficient (Wildman–Crippen LogP) is 8.66. The zero-order valence-corrected chi connectivity index (χ0v) is 18.9. The molecule has 1 aromatic rings. The van der Waals surface area contributed by atoms with Crippen LogP contribution in [0, 0.1) is 35.3 Å². The van der Waals surface area contributed by atoms with E-state index < -0.39 is 30.2 Å². The third-order valence-corrected chi connectivity index (χ3v) is 6.95. The molecule has 0 N–H and O–H groups in total. The quantitative estimate of drug-likeness (QED) is 0.365. The van der Waals surface area contributed by atoms with Crippen LogP contribution in [0.2, 0.25) is 0 Å². The number of benzene rings is 1. The minimum absolute atomic E-state index is 0.0997. The molecule has 0 aromatic heterocycles. The fourth-order valence-corrected chi connectivity index (χ4v) is 5.21. The van der Waals surface area contributed by atoms with Gasteiger partial charge in [-0.05, 0) is 67.9 Å². The lowest BCUT2D eigenvalue weighted by atomic mass is 9.68. The SMILES string of the molecule is CCCC1CCC(C2CCC(CCF)CC2)CC1.Fc1ccc(OCC(F)(F)F)c(F)c1. The Balaban J connectivity index is 0.000000235. The average molecular weight is 467 g/mol. The normalized spacial score (nSPS) is 26.2. The summed E-state index contributed by atoms with van der Waals surface area (Å²) in [5, 5.41) is 0. The van der Waals surface area contributed by atoms with E-state index in [1.54, 1.807) is 0 Å². The van der Waals surface area contributed by atoms with Gasteiger partial charge >= 0.3 is 6.18 Å². The molecule has 184 valence electrons. The molecular weight excluding hydrogens is 430 g/mol. The van der Waals surface area contributed by atoms with Crippen LogP contribution in [-0.2, 0) is 0 Å². The van der Waals surface area contributed by atoms with Gasteiger partial charge in [-0.1, -0.05) is 45.4 Å². The molecule has 0 aliphatic heterocycles. The van der Waals surface area contributed by atoms with Crippen LogP contribution in [0.4, 0.5) is 26.3 Å². The lowest BCUT2D eigenvalue weighted by Gasteiger charge is -2.37. The molecule has 0 saturated heterocycles. The molecule has 3 rings (SSSR count). The van der Waals surface area contributed by atoms with Crippen molar-refractivity contribution in [2.75, 3.05) is 13.3 Å². The summed E-state index contributed by atoms with van der Waals surface area (Å²) in [6.45, 7) is 0.616. The maximum Gasteiger partial charge on any atom is 0.422 e. The van der Waals surface area contributed by atoms with Crippen LogP contribution < -0.4 is 4.74 Å². The van der Waals surface area contributed by atoms with Crippen LogP contribution >= 0.6 is 0 Å². The molecule has 7 heteroatoms. The van der Waals surface area contributed by atoms with Crippen molar-refractivity contribution >= 4 is 0 Å². The van der Waals surface area contributed by atoms with Crippen molar-refractivity contribution in [1.29, 1.82) is 0 Å². The standard InChI is InChI=1S/C17H31F.C8H5F5O/c1-2-3-14-4-8-16(9-5-14)17-10-6-15(7-11-17)12-13-18;9-5-1-2-7(6(10)3-5)14-4-8(11,12)13/h14-17H,2-13H2,1H3;1-3H,4H2. The van der Waals surface area contributed by atoms with Crippen LogP contribution in [-0.4, -0.2) is 19.5 Å². The van der Waals surface area contributed by atoms with E-state index in [0.717, 1.165) is 36.3 Å². The Kier molecular flexibility index (Phi) is 11.2.